The number of aryl methyl sites for hydroxylation is 2. The van der Waals surface area contributed by atoms with Gasteiger partial charge in [0, 0.05) is 5.54 Å². The van der Waals surface area contributed by atoms with Gasteiger partial charge in [0.25, 0.3) is 0 Å². The Hall–Kier alpha value is -0.820. The average molecular weight is 269 g/mol. The summed E-state index contributed by atoms with van der Waals surface area (Å²) in [4.78, 5) is 0. The molecule has 1 unspecified atom stereocenters. The Balaban J connectivity index is 1.58. The van der Waals surface area contributed by atoms with Crippen molar-refractivity contribution in [2.45, 2.75) is 69.7 Å². The Morgan fingerprint density at radius 2 is 1.90 bits per heavy atom. The van der Waals surface area contributed by atoms with Crippen molar-refractivity contribution in [3.05, 3.63) is 34.9 Å². The number of hydrogen-bond acceptors (Lipinski definition) is 1. The van der Waals surface area contributed by atoms with Crippen molar-refractivity contribution in [1.29, 1.82) is 0 Å². The van der Waals surface area contributed by atoms with Crippen LogP contribution in [0.4, 0.5) is 0 Å². The topological polar surface area (TPSA) is 12.0 Å². The van der Waals surface area contributed by atoms with Crippen LogP contribution in [0.2, 0.25) is 0 Å². The zero-order valence-electron chi connectivity index (χ0n) is 12.6. The summed E-state index contributed by atoms with van der Waals surface area (Å²) in [7, 11) is 0. The molecular weight excluding hydrogens is 242 g/mol. The van der Waals surface area contributed by atoms with Gasteiger partial charge in [0.2, 0.25) is 0 Å². The molecule has 1 nitrogen and oxygen atoms in total. The van der Waals surface area contributed by atoms with Gasteiger partial charge in [0.05, 0.1) is 0 Å². The zero-order valence-corrected chi connectivity index (χ0v) is 12.6. The molecule has 0 spiro atoms. The summed E-state index contributed by atoms with van der Waals surface area (Å²) in [5, 5.41) is 3.97. The summed E-state index contributed by atoms with van der Waals surface area (Å²) in [5.41, 5.74) is 5.28. The minimum atomic E-state index is 0.434. The van der Waals surface area contributed by atoms with Gasteiger partial charge in [-0.25, -0.2) is 0 Å². The number of benzene rings is 1. The highest BCUT2D eigenvalue weighted by Gasteiger charge is 2.44. The van der Waals surface area contributed by atoms with E-state index in [9.17, 15) is 0 Å². The van der Waals surface area contributed by atoms with Gasteiger partial charge >= 0.3 is 0 Å². The first-order chi connectivity index (χ1) is 9.86. The molecule has 0 amide bonds. The standard InChI is InChI=1S/C19H27N/c1-2-11-19(18-9-10-18,20-12-3-1)14-15-7-8-16-5-4-6-17(16)13-15/h7-8,13,18,20H,1-6,9-12,14H2. The number of fused-ring (bicyclic) bond motifs is 1. The molecule has 1 saturated heterocycles. The molecule has 0 bridgehead atoms. The fourth-order valence-electron chi connectivity index (χ4n) is 4.55. The fraction of sp³-hybridized carbons (Fsp3) is 0.684. The lowest BCUT2D eigenvalue weighted by molar-refractivity contribution is 0.271. The van der Waals surface area contributed by atoms with Crippen LogP contribution in [0.15, 0.2) is 18.2 Å². The molecule has 1 aliphatic heterocycles. The van der Waals surface area contributed by atoms with Crippen LogP contribution in [-0.4, -0.2) is 12.1 Å². The maximum absolute atomic E-state index is 3.97. The summed E-state index contributed by atoms with van der Waals surface area (Å²) in [6.07, 6.45) is 13.8. The smallest absolute Gasteiger partial charge is 0.0249 e. The minimum Gasteiger partial charge on any atom is -0.311 e. The van der Waals surface area contributed by atoms with Crippen molar-refractivity contribution in [3.8, 4) is 0 Å². The van der Waals surface area contributed by atoms with E-state index in [-0.39, 0.29) is 0 Å². The Morgan fingerprint density at radius 1 is 1.00 bits per heavy atom. The van der Waals surface area contributed by atoms with Gasteiger partial charge in [0.1, 0.15) is 0 Å². The molecular formula is C19H27N. The van der Waals surface area contributed by atoms with Gasteiger partial charge in [-0.3, -0.25) is 0 Å². The summed E-state index contributed by atoms with van der Waals surface area (Å²) in [5.74, 6) is 0.953. The van der Waals surface area contributed by atoms with Crippen molar-refractivity contribution >= 4 is 0 Å². The molecule has 1 heterocycles. The first kappa shape index (κ1) is 12.9. The maximum atomic E-state index is 3.97. The summed E-state index contributed by atoms with van der Waals surface area (Å²) in [6.45, 7) is 1.24. The first-order valence-corrected chi connectivity index (χ1v) is 8.71. The second kappa shape index (κ2) is 5.18. The van der Waals surface area contributed by atoms with E-state index in [2.05, 4.69) is 23.5 Å². The third kappa shape index (κ3) is 2.41. The lowest BCUT2D eigenvalue weighted by atomic mass is 9.81. The zero-order chi connectivity index (χ0) is 13.4. The van der Waals surface area contributed by atoms with E-state index < -0.39 is 0 Å². The number of nitrogens with one attached hydrogen (secondary N) is 1. The van der Waals surface area contributed by atoms with E-state index in [1.807, 2.05) is 0 Å². The van der Waals surface area contributed by atoms with Gasteiger partial charge in [0.15, 0.2) is 0 Å². The molecule has 1 saturated carbocycles. The number of rotatable bonds is 3. The molecule has 1 heteroatoms. The van der Waals surface area contributed by atoms with Crippen LogP contribution in [0.25, 0.3) is 0 Å². The van der Waals surface area contributed by atoms with E-state index in [0.717, 1.165) is 5.92 Å². The van der Waals surface area contributed by atoms with Crippen LogP contribution < -0.4 is 5.32 Å². The van der Waals surface area contributed by atoms with Gasteiger partial charge in [-0.2, -0.15) is 0 Å². The van der Waals surface area contributed by atoms with Crippen LogP contribution in [0.3, 0.4) is 0 Å². The quantitative estimate of drug-likeness (QED) is 0.873. The minimum absolute atomic E-state index is 0.434. The lowest BCUT2D eigenvalue weighted by Crippen LogP contribution is -2.48. The fourth-order valence-corrected chi connectivity index (χ4v) is 4.55. The number of hydrogen-bond donors (Lipinski definition) is 1. The van der Waals surface area contributed by atoms with E-state index in [0.29, 0.717) is 5.54 Å². The summed E-state index contributed by atoms with van der Waals surface area (Å²) in [6, 6.07) is 7.36. The molecule has 0 radical (unpaired) electrons. The van der Waals surface area contributed by atoms with Gasteiger partial charge in [-0.15, -0.1) is 0 Å². The molecule has 1 N–H and O–H groups in total. The first-order valence-electron chi connectivity index (χ1n) is 8.71. The predicted octanol–water partition coefficient (Wildman–Crippen LogP) is 4.03. The molecule has 2 aliphatic carbocycles. The van der Waals surface area contributed by atoms with Crippen molar-refractivity contribution in [2.24, 2.45) is 5.92 Å². The average Bonchev–Trinajstić information content (AvgIpc) is 3.24. The highest BCUT2D eigenvalue weighted by Crippen LogP contribution is 2.45. The van der Waals surface area contributed by atoms with Crippen LogP contribution >= 0.6 is 0 Å². The van der Waals surface area contributed by atoms with E-state index in [1.54, 1.807) is 16.7 Å². The molecule has 108 valence electrons. The maximum Gasteiger partial charge on any atom is 0.0249 e. The summed E-state index contributed by atoms with van der Waals surface area (Å²) >= 11 is 0. The van der Waals surface area contributed by atoms with E-state index in [4.69, 9.17) is 0 Å². The van der Waals surface area contributed by atoms with Gasteiger partial charge in [-0.1, -0.05) is 31.0 Å². The molecule has 1 atom stereocenters. The van der Waals surface area contributed by atoms with E-state index >= 15 is 0 Å². The molecule has 1 aromatic rings. The largest absolute Gasteiger partial charge is 0.311 e. The highest BCUT2D eigenvalue weighted by molar-refractivity contribution is 5.36. The van der Waals surface area contributed by atoms with Crippen LogP contribution in [0, 0.1) is 5.92 Å². The second-order valence-electron chi connectivity index (χ2n) is 7.30. The summed E-state index contributed by atoms with van der Waals surface area (Å²) < 4.78 is 0. The lowest BCUT2D eigenvalue weighted by Gasteiger charge is -2.35. The van der Waals surface area contributed by atoms with Crippen molar-refractivity contribution in [1.82, 2.24) is 5.32 Å². The normalized spacial score (nSPS) is 30.0. The van der Waals surface area contributed by atoms with E-state index in [1.165, 1.54) is 70.8 Å². The monoisotopic (exact) mass is 269 g/mol. The third-order valence-corrected chi connectivity index (χ3v) is 5.82. The third-order valence-electron chi connectivity index (χ3n) is 5.82. The van der Waals surface area contributed by atoms with Crippen molar-refractivity contribution in [2.75, 3.05) is 6.54 Å². The van der Waals surface area contributed by atoms with Gasteiger partial charge < -0.3 is 5.32 Å². The molecule has 2 fully saturated rings. The van der Waals surface area contributed by atoms with Crippen LogP contribution in [0.5, 0.6) is 0 Å². The van der Waals surface area contributed by atoms with Crippen molar-refractivity contribution in [3.63, 3.8) is 0 Å². The molecule has 20 heavy (non-hydrogen) atoms. The van der Waals surface area contributed by atoms with Crippen LogP contribution in [0.1, 0.15) is 61.6 Å². The molecule has 4 rings (SSSR count). The Morgan fingerprint density at radius 3 is 2.80 bits per heavy atom. The predicted molar refractivity (Wildman–Crippen MR) is 84.1 cm³/mol. The SMILES string of the molecule is c1cc2c(cc1CC1(C3CC3)CCCCCN1)CCC2. The van der Waals surface area contributed by atoms with Gasteiger partial charge in [-0.05, 0) is 80.5 Å². The Kier molecular flexibility index (Phi) is 3.34. The molecule has 3 aliphatic rings. The van der Waals surface area contributed by atoms with Crippen LogP contribution in [-0.2, 0) is 19.3 Å². The highest BCUT2D eigenvalue weighted by atomic mass is 15.0. The molecule has 0 aromatic heterocycles. The Labute approximate surface area is 123 Å². The second-order valence-corrected chi connectivity index (χ2v) is 7.30. The molecule has 1 aromatic carbocycles. The van der Waals surface area contributed by atoms with Crippen molar-refractivity contribution < 1.29 is 0 Å². The Bertz CT molecular complexity index is 479.